The number of hydrogen-bond acceptors (Lipinski definition) is 1. The molecule has 3 rings (SSSR count). The minimum atomic E-state index is 0.228. The Balaban J connectivity index is 2.32. The van der Waals surface area contributed by atoms with Crippen molar-refractivity contribution in [1.29, 1.82) is 0 Å². The van der Waals surface area contributed by atoms with Gasteiger partial charge in [-0.2, -0.15) is 0 Å². The van der Waals surface area contributed by atoms with Gasteiger partial charge in [-0.05, 0) is 30.9 Å². The van der Waals surface area contributed by atoms with Gasteiger partial charge in [-0.15, -0.1) is 0 Å². The first-order valence-corrected chi connectivity index (χ1v) is 6.94. The molecule has 1 aromatic carbocycles. The first-order valence-electron chi connectivity index (χ1n) is 6.94. The molecule has 1 heterocycles. The standard InChI is InChI=1S/C17H19NO/c1-12-6-5-9-16-14(11-10-12)17(19)13-7-3-4-8-15(13)18(16)2/h3-8,12H,9-11H2,1-2H3/b6-5-. The van der Waals surface area contributed by atoms with E-state index in [0.29, 0.717) is 5.92 Å². The summed E-state index contributed by atoms with van der Waals surface area (Å²) in [6, 6.07) is 7.91. The van der Waals surface area contributed by atoms with E-state index in [0.717, 1.165) is 35.7 Å². The number of aryl methyl sites for hydroxylation is 1. The molecule has 0 bridgehead atoms. The van der Waals surface area contributed by atoms with E-state index in [-0.39, 0.29) is 5.43 Å². The summed E-state index contributed by atoms with van der Waals surface area (Å²) in [7, 11) is 2.07. The maximum absolute atomic E-state index is 12.7. The molecule has 0 spiro atoms. The van der Waals surface area contributed by atoms with Crippen molar-refractivity contribution >= 4 is 10.9 Å². The first kappa shape index (κ1) is 12.2. The molecule has 0 fully saturated rings. The van der Waals surface area contributed by atoms with Crippen LogP contribution in [-0.2, 0) is 19.9 Å². The Kier molecular flexibility index (Phi) is 3.02. The lowest BCUT2D eigenvalue weighted by Crippen LogP contribution is -2.20. The molecule has 0 radical (unpaired) electrons. The highest BCUT2D eigenvalue weighted by molar-refractivity contribution is 5.80. The summed E-state index contributed by atoms with van der Waals surface area (Å²) in [5.74, 6) is 0.560. The third kappa shape index (κ3) is 2.01. The van der Waals surface area contributed by atoms with E-state index in [1.165, 1.54) is 5.69 Å². The smallest absolute Gasteiger partial charge is 0.192 e. The zero-order valence-electron chi connectivity index (χ0n) is 11.5. The average Bonchev–Trinajstić information content (AvgIpc) is 2.41. The summed E-state index contributed by atoms with van der Waals surface area (Å²) in [6.45, 7) is 2.22. The topological polar surface area (TPSA) is 22.0 Å². The van der Waals surface area contributed by atoms with Gasteiger partial charge in [0.25, 0.3) is 0 Å². The molecule has 1 aromatic heterocycles. The third-order valence-corrected chi connectivity index (χ3v) is 4.16. The highest BCUT2D eigenvalue weighted by atomic mass is 16.1. The van der Waals surface area contributed by atoms with Gasteiger partial charge in [0, 0.05) is 30.1 Å². The van der Waals surface area contributed by atoms with E-state index in [1.54, 1.807) is 0 Å². The molecule has 1 atom stereocenters. The van der Waals surface area contributed by atoms with Gasteiger partial charge in [-0.3, -0.25) is 4.79 Å². The normalized spacial score (nSPS) is 20.6. The van der Waals surface area contributed by atoms with Crippen molar-refractivity contribution in [1.82, 2.24) is 4.57 Å². The SMILES string of the molecule is CC1/C=C\Cc2c(c(=O)c3ccccc3n2C)CC1. The zero-order valence-corrected chi connectivity index (χ0v) is 11.5. The first-order chi connectivity index (χ1) is 9.18. The van der Waals surface area contributed by atoms with Gasteiger partial charge in [-0.1, -0.05) is 31.2 Å². The van der Waals surface area contributed by atoms with Crippen LogP contribution >= 0.6 is 0 Å². The summed E-state index contributed by atoms with van der Waals surface area (Å²) in [6.07, 6.45) is 7.27. The largest absolute Gasteiger partial charge is 0.347 e. The number of benzene rings is 1. The number of pyridine rings is 1. The van der Waals surface area contributed by atoms with Crippen LogP contribution in [0, 0.1) is 5.92 Å². The highest BCUT2D eigenvalue weighted by Gasteiger charge is 2.16. The molecule has 0 aliphatic heterocycles. The summed E-state index contributed by atoms with van der Waals surface area (Å²) < 4.78 is 2.19. The predicted octanol–water partition coefficient (Wildman–Crippen LogP) is 3.22. The number of aromatic nitrogens is 1. The van der Waals surface area contributed by atoms with Gasteiger partial charge in [-0.25, -0.2) is 0 Å². The van der Waals surface area contributed by atoms with Crippen LogP contribution in [0.1, 0.15) is 24.6 Å². The molecular weight excluding hydrogens is 234 g/mol. The number of fused-ring (bicyclic) bond motifs is 2. The van der Waals surface area contributed by atoms with Gasteiger partial charge in [0.2, 0.25) is 0 Å². The average molecular weight is 253 g/mol. The Labute approximate surface area is 113 Å². The van der Waals surface area contributed by atoms with Gasteiger partial charge in [0.15, 0.2) is 5.43 Å². The molecule has 0 saturated heterocycles. The van der Waals surface area contributed by atoms with Crippen LogP contribution in [0.4, 0.5) is 0 Å². The van der Waals surface area contributed by atoms with Crippen molar-refractivity contribution in [3.05, 3.63) is 57.9 Å². The van der Waals surface area contributed by atoms with Crippen LogP contribution in [0.2, 0.25) is 0 Å². The minimum Gasteiger partial charge on any atom is -0.347 e. The van der Waals surface area contributed by atoms with Crippen molar-refractivity contribution in [2.75, 3.05) is 0 Å². The Morgan fingerprint density at radius 1 is 1.26 bits per heavy atom. The Hall–Kier alpha value is -1.83. The second kappa shape index (κ2) is 4.69. The molecule has 2 heteroatoms. The van der Waals surface area contributed by atoms with E-state index in [9.17, 15) is 4.79 Å². The van der Waals surface area contributed by atoms with Crippen LogP contribution in [0.25, 0.3) is 10.9 Å². The fourth-order valence-electron chi connectivity index (χ4n) is 3.00. The maximum Gasteiger partial charge on any atom is 0.192 e. The van der Waals surface area contributed by atoms with E-state index >= 15 is 0 Å². The summed E-state index contributed by atoms with van der Waals surface area (Å²) >= 11 is 0. The second-order valence-corrected chi connectivity index (χ2v) is 5.48. The molecule has 2 aromatic rings. The Bertz CT molecular complexity index is 709. The summed E-state index contributed by atoms with van der Waals surface area (Å²) in [4.78, 5) is 12.7. The van der Waals surface area contributed by atoms with Crippen LogP contribution in [0.5, 0.6) is 0 Å². The van der Waals surface area contributed by atoms with Crippen LogP contribution in [-0.4, -0.2) is 4.57 Å². The fourth-order valence-corrected chi connectivity index (χ4v) is 3.00. The Morgan fingerprint density at radius 3 is 2.89 bits per heavy atom. The lowest BCUT2D eigenvalue weighted by Gasteiger charge is -2.19. The molecule has 1 aliphatic rings. The van der Waals surface area contributed by atoms with Crippen LogP contribution in [0.3, 0.4) is 0 Å². The molecule has 19 heavy (non-hydrogen) atoms. The zero-order chi connectivity index (χ0) is 13.4. The molecular formula is C17H19NO. The molecule has 0 N–H and O–H groups in total. The van der Waals surface area contributed by atoms with Gasteiger partial charge >= 0.3 is 0 Å². The number of hydrogen-bond donors (Lipinski definition) is 0. The van der Waals surface area contributed by atoms with Crippen molar-refractivity contribution in [3.63, 3.8) is 0 Å². The van der Waals surface area contributed by atoms with Crippen LogP contribution < -0.4 is 5.43 Å². The van der Waals surface area contributed by atoms with Gasteiger partial charge in [0.1, 0.15) is 0 Å². The predicted molar refractivity (Wildman–Crippen MR) is 79.5 cm³/mol. The Morgan fingerprint density at radius 2 is 2.05 bits per heavy atom. The van der Waals surface area contributed by atoms with E-state index in [2.05, 4.69) is 30.7 Å². The highest BCUT2D eigenvalue weighted by Crippen LogP contribution is 2.21. The molecule has 0 amide bonds. The molecule has 98 valence electrons. The molecule has 1 unspecified atom stereocenters. The summed E-state index contributed by atoms with van der Waals surface area (Å²) in [5.41, 5.74) is 3.45. The molecule has 0 saturated carbocycles. The lowest BCUT2D eigenvalue weighted by atomic mass is 9.93. The van der Waals surface area contributed by atoms with Crippen molar-refractivity contribution < 1.29 is 0 Å². The molecule has 1 aliphatic carbocycles. The van der Waals surface area contributed by atoms with Crippen LogP contribution in [0.15, 0.2) is 41.2 Å². The quantitative estimate of drug-likeness (QED) is 0.661. The number of rotatable bonds is 0. The second-order valence-electron chi connectivity index (χ2n) is 5.48. The third-order valence-electron chi connectivity index (χ3n) is 4.16. The number of allylic oxidation sites excluding steroid dienone is 2. The van der Waals surface area contributed by atoms with Gasteiger partial charge in [0.05, 0.1) is 5.52 Å². The maximum atomic E-state index is 12.7. The van der Waals surface area contributed by atoms with Crippen molar-refractivity contribution in [3.8, 4) is 0 Å². The van der Waals surface area contributed by atoms with Gasteiger partial charge < -0.3 is 4.57 Å². The van der Waals surface area contributed by atoms with E-state index in [1.807, 2.05) is 24.3 Å². The number of nitrogens with zero attached hydrogens (tertiary/aromatic N) is 1. The summed E-state index contributed by atoms with van der Waals surface area (Å²) in [5, 5.41) is 0.848. The number of para-hydroxylation sites is 1. The van der Waals surface area contributed by atoms with Crippen molar-refractivity contribution in [2.45, 2.75) is 26.2 Å². The minimum absolute atomic E-state index is 0.228. The van der Waals surface area contributed by atoms with E-state index < -0.39 is 0 Å². The van der Waals surface area contributed by atoms with E-state index in [4.69, 9.17) is 0 Å². The molecule has 2 nitrogen and oxygen atoms in total. The monoisotopic (exact) mass is 253 g/mol. The van der Waals surface area contributed by atoms with Crippen molar-refractivity contribution in [2.24, 2.45) is 13.0 Å². The lowest BCUT2D eigenvalue weighted by molar-refractivity contribution is 0.629. The fraction of sp³-hybridized carbons (Fsp3) is 0.353.